The van der Waals surface area contributed by atoms with Gasteiger partial charge in [-0.05, 0) is 18.2 Å². The van der Waals surface area contributed by atoms with Gasteiger partial charge in [0, 0.05) is 12.1 Å². The molecule has 2 aliphatic heterocycles. The highest BCUT2D eigenvalue weighted by atomic mass is 32.1. The molecule has 1 saturated heterocycles. The highest BCUT2D eigenvalue weighted by molar-refractivity contribution is 7.71. The normalized spacial score (nSPS) is 18.2. The van der Waals surface area contributed by atoms with E-state index in [1.165, 1.54) is 17.2 Å². The number of nitrogens with zero attached hydrogens (tertiary/aromatic N) is 3. The number of rotatable bonds is 2. The topological polar surface area (TPSA) is 81.3 Å². The second-order valence-corrected chi connectivity index (χ2v) is 7.83. The number of anilines is 2. The largest absolute Gasteiger partial charge is 0.416 e. The molecule has 4 heterocycles. The molecule has 172 valence electrons. The predicted octanol–water partition coefficient (Wildman–Crippen LogP) is 4.68. The van der Waals surface area contributed by atoms with Crippen LogP contribution in [0.1, 0.15) is 5.56 Å². The maximum atomic E-state index is 14.5. The number of aromatic nitrogens is 3. The van der Waals surface area contributed by atoms with Crippen molar-refractivity contribution < 1.29 is 26.7 Å². The van der Waals surface area contributed by atoms with Crippen molar-refractivity contribution in [2.75, 3.05) is 29.9 Å². The Hall–Kier alpha value is -3.32. The first-order chi connectivity index (χ1) is 15.7. The number of hydrogen-bond donors (Lipinski definition) is 3. The van der Waals surface area contributed by atoms with Crippen molar-refractivity contribution in [3.63, 3.8) is 0 Å². The third kappa shape index (κ3) is 3.86. The summed E-state index contributed by atoms with van der Waals surface area (Å²) in [5.74, 6) is -1.50. The number of halogens is 5. The van der Waals surface area contributed by atoms with Crippen LogP contribution in [0.5, 0.6) is 0 Å². The monoisotopic (exact) mass is 482 g/mol. The van der Waals surface area contributed by atoms with Crippen LogP contribution in [0.3, 0.4) is 0 Å². The Balaban J connectivity index is 1.59. The van der Waals surface area contributed by atoms with E-state index in [2.05, 4.69) is 25.5 Å². The number of alkyl halides is 3. The van der Waals surface area contributed by atoms with Gasteiger partial charge in [0.25, 0.3) is 0 Å². The molecule has 3 aromatic rings. The van der Waals surface area contributed by atoms with Gasteiger partial charge in [0.15, 0.2) is 6.10 Å². The summed E-state index contributed by atoms with van der Waals surface area (Å²) < 4.78 is 73.4. The molecule has 0 amide bonds. The summed E-state index contributed by atoms with van der Waals surface area (Å²) in [6.07, 6.45) is -5.06. The molecule has 3 N–H and O–H groups in total. The van der Waals surface area contributed by atoms with Crippen molar-refractivity contribution in [3.05, 3.63) is 52.3 Å². The third-order valence-electron chi connectivity index (χ3n) is 5.34. The highest BCUT2D eigenvalue weighted by Crippen LogP contribution is 2.39. The van der Waals surface area contributed by atoms with Gasteiger partial charge in [0.1, 0.15) is 33.6 Å². The van der Waals surface area contributed by atoms with Gasteiger partial charge in [-0.1, -0.05) is 18.3 Å². The van der Waals surface area contributed by atoms with Crippen LogP contribution in [0.2, 0.25) is 0 Å². The van der Waals surface area contributed by atoms with E-state index >= 15 is 0 Å². The Morgan fingerprint density at radius 2 is 1.91 bits per heavy atom. The lowest BCUT2D eigenvalue weighted by Crippen LogP contribution is -2.49. The molecule has 0 aliphatic carbocycles. The lowest BCUT2D eigenvalue weighted by atomic mass is 10.1. The number of pyridine rings is 1. The van der Waals surface area contributed by atoms with Gasteiger partial charge in [-0.2, -0.15) is 13.2 Å². The molecule has 0 radical (unpaired) electrons. The van der Waals surface area contributed by atoms with Crippen LogP contribution in [0.4, 0.5) is 39.1 Å². The van der Waals surface area contributed by atoms with Crippen molar-refractivity contribution in [1.29, 1.82) is 0 Å². The summed E-state index contributed by atoms with van der Waals surface area (Å²) >= 11 is 5.27. The number of amidine groups is 1. The SMILES string of the molecule is Fc1cccc(F)c1C1=Nc2c([nH][nH]c2=S)-c2cc(N3CCOC(C(F)(F)F)C3)ncc2N1. The van der Waals surface area contributed by atoms with E-state index in [9.17, 15) is 22.0 Å². The van der Waals surface area contributed by atoms with Gasteiger partial charge >= 0.3 is 6.18 Å². The van der Waals surface area contributed by atoms with E-state index in [0.29, 0.717) is 16.9 Å². The summed E-state index contributed by atoms with van der Waals surface area (Å²) in [5, 5.41) is 8.50. The van der Waals surface area contributed by atoms with Crippen LogP contribution in [0.15, 0.2) is 35.5 Å². The minimum atomic E-state index is -4.50. The van der Waals surface area contributed by atoms with Crippen LogP contribution < -0.4 is 10.2 Å². The van der Waals surface area contributed by atoms with Gasteiger partial charge < -0.3 is 15.0 Å². The molecule has 5 rings (SSSR count). The van der Waals surface area contributed by atoms with Crippen molar-refractivity contribution in [1.82, 2.24) is 15.2 Å². The summed E-state index contributed by atoms with van der Waals surface area (Å²) in [7, 11) is 0. The number of ether oxygens (including phenoxy) is 1. The van der Waals surface area contributed by atoms with Crippen LogP contribution >= 0.6 is 12.2 Å². The molecule has 2 aliphatic rings. The molecule has 0 saturated carbocycles. The van der Waals surface area contributed by atoms with Gasteiger partial charge in [-0.3, -0.25) is 10.2 Å². The number of nitrogens with one attached hydrogen (secondary N) is 3. The quantitative estimate of drug-likeness (QED) is 0.365. The maximum absolute atomic E-state index is 14.5. The smallest absolute Gasteiger partial charge is 0.365 e. The number of benzene rings is 1. The summed E-state index contributed by atoms with van der Waals surface area (Å²) in [6.45, 7) is -0.316. The second-order valence-electron chi connectivity index (χ2n) is 7.42. The molecule has 1 unspecified atom stereocenters. The zero-order chi connectivity index (χ0) is 23.3. The molecular weight excluding hydrogens is 467 g/mol. The summed E-state index contributed by atoms with van der Waals surface area (Å²) in [6, 6.07) is 5.00. The van der Waals surface area contributed by atoms with Crippen LogP contribution in [0, 0.1) is 16.3 Å². The van der Waals surface area contributed by atoms with Gasteiger partial charge in [-0.15, -0.1) is 0 Å². The fourth-order valence-electron chi connectivity index (χ4n) is 3.74. The molecule has 13 heteroatoms. The zero-order valence-electron chi connectivity index (χ0n) is 16.6. The van der Waals surface area contributed by atoms with Gasteiger partial charge in [0.05, 0.1) is 36.3 Å². The average molecular weight is 482 g/mol. The molecule has 2 aromatic heterocycles. The molecule has 1 fully saturated rings. The standard InChI is InChI=1S/C20H15F5N6OS/c21-10-2-1-3-11(22)15(10)18-27-12-7-26-14(31-4-5-32-13(8-31)20(23,24)25)6-9(12)16-17(28-18)19(33)30-29-16/h1-3,6-7,13H,4-5,8H2,(H,27,28)(H2,29,30,33). The summed E-state index contributed by atoms with van der Waals surface area (Å²) in [4.78, 5) is 10.1. The van der Waals surface area contributed by atoms with E-state index in [1.807, 2.05) is 0 Å². The Kier molecular flexibility index (Phi) is 5.16. The van der Waals surface area contributed by atoms with Crippen LogP contribution in [0.25, 0.3) is 11.3 Å². The van der Waals surface area contributed by atoms with E-state index in [0.717, 1.165) is 12.1 Å². The van der Waals surface area contributed by atoms with Crippen molar-refractivity contribution in [2.45, 2.75) is 12.3 Å². The summed E-state index contributed by atoms with van der Waals surface area (Å²) in [5.41, 5.74) is 1.05. The molecular formula is C20H15F5N6OS. The Bertz CT molecular complexity index is 1300. The van der Waals surface area contributed by atoms with Crippen molar-refractivity contribution in [3.8, 4) is 11.3 Å². The van der Waals surface area contributed by atoms with E-state index < -0.39 is 30.5 Å². The zero-order valence-corrected chi connectivity index (χ0v) is 17.4. The number of aliphatic imine (C=N–C) groups is 1. The van der Waals surface area contributed by atoms with E-state index in [-0.39, 0.29) is 40.7 Å². The molecule has 7 nitrogen and oxygen atoms in total. The minimum absolute atomic E-state index is 0.112. The van der Waals surface area contributed by atoms with Crippen molar-refractivity contribution >= 4 is 35.2 Å². The Labute approximate surface area is 188 Å². The van der Waals surface area contributed by atoms with E-state index in [4.69, 9.17) is 17.0 Å². The van der Waals surface area contributed by atoms with Crippen molar-refractivity contribution in [2.24, 2.45) is 4.99 Å². The maximum Gasteiger partial charge on any atom is 0.416 e. The fourth-order valence-corrected chi connectivity index (χ4v) is 3.94. The number of fused-ring (bicyclic) bond motifs is 3. The first kappa shape index (κ1) is 21.5. The predicted molar refractivity (Wildman–Crippen MR) is 113 cm³/mol. The number of aromatic amines is 2. The lowest BCUT2D eigenvalue weighted by Gasteiger charge is -2.34. The first-order valence-corrected chi connectivity index (χ1v) is 10.2. The van der Waals surface area contributed by atoms with E-state index in [1.54, 1.807) is 6.07 Å². The van der Waals surface area contributed by atoms with Crippen LogP contribution in [-0.2, 0) is 4.74 Å². The van der Waals surface area contributed by atoms with Gasteiger partial charge in [-0.25, -0.2) is 18.8 Å². The van der Waals surface area contributed by atoms with Gasteiger partial charge in [0.2, 0.25) is 0 Å². The number of morpholine rings is 1. The molecule has 33 heavy (non-hydrogen) atoms. The average Bonchev–Trinajstić information content (AvgIpc) is 3.04. The Morgan fingerprint density at radius 3 is 2.64 bits per heavy atom. The molecule has 1 aromatic carbocycles. The molecule has 1 atom stereocenters. The fraction of sp³-hybridized carbons (Fsp3) is 0.250. The number of hydrogen-bond acceptors (Lipinski definition) is 6. The third-order valence-corrected chi connectivity index (χ3v) is 5.64. The first-order valence-electron chi connectivity index (χ1n) is 9.77. The second kappa shape index (κ2) is 7.92. The lowest BCUT2D eigenvalue weighted by molar-refractivity contribution is -0.221. The molecule has 0 spiro atoms. The minimum Gasteiger partial charge on any atom is -0.365 e. The van der Waals surface area contributed by atoms with Crippen LogP contribution in [-0.4, -0.2) is 53.0 Å². The Morgan fingerprint density at radius 1 is 1.15 bits per heavy atom. The number of H-pyrrole nitrogens is 2. The highest BCUT2D eigenvalue weighted by Gasteiger charge is 2.43. The molecule has 0 bridgehead atoms.